The monoisotopic (exact) mass is 422 g/mol. The number of ether oxygens (including phenoxy) is 4. The largest absolute Gasteiger partial charge is 0.462 e. The number of carbonyl (C=O) groups is 3. The molecule has 2 aliphatic carbocycles. The first-order valence-corrected chi connectivity index (χ1v) is 11.0. The predicted molar refractivity (Wildman–Crippen MR) is 108 cm³/mol. The first-order chi connectivity index (χ1) is 14.3. The van der Waals surface area contributed by atoms with Gasteiger partial charge in [0.05, 0.1) is 12.5 Å². The smallest absolute Gasteiger partial charge is 0.302 e. The molecule has 0 aromatic carbocycles. The third-order valence-electron chi connectivity index (χ3n) is 6.66. The standard InChI is InChI=1S/C23H34O7/c1-13-5-6-16-9-19(28-14(2)24)12-21(29-15(3)25)23(16)20(13)8-7-18-10-17(26)11-22(27-4)30-18/h6,13,18-23H,5,7-12H2,1-4H3/t13-,18+,19+,20-,21-,22-,23-/m0/s1. The highest BCUT2D eigenvalue weighted by Gasteiger charge is 2.45. The molecule has 0 bridgehead atoms. The zero-order chi connectivity index (χ0) is 21.8. The van der Waals surface area contributed by atoms with Crippen LogP contribution in [0.3, 0.4) is 0 Å². The van der Waals surface area contributed by atoms with Crippen LogP contribution in [0.1, 0.15) is 65.7 Å². The Morgan fingerprint density at radius 1 is 1.10 bits per heavy atom. The van der Waals surface area contributed by atoms with Gasteiger partial charge in [-0.25, -0.2) is 0 Å². The Hall–Kier alpha value is -1.73. The Morgan fingerprint density at radius 2 is 1.83 bits per heavy atom. The number of fused-ring (bicyclic) bond motifs is 1. The Bertz CT molecular complexity index is 685. The van der Waals surface area contributed by atoms with Gasteiger partial charge in [-0.1, -0.05) is 18.6 Å². The molecule has 1 aliphatic heterocycles. The minimum atomic E-state index is -0.455. The molecule has 0 radical (unpaired) electrons. The van der Waals surface area contributed by atoms with Gasteiger partial charge in [0.2, 0.25) is 0 Å². The van der Waals surface area contributed by atoms with Crippen LogP contribution < -0.4 is 0 Å². The third kappa shape index (κ3) is 5.70. The second-order valence-corrected chi connectivity index (χ2v) is 8.95. The van der Waals surface area contributed by atoms with E-state index >= 15 is 0 Å². The minimum Gasteiger partial charge on any atom is -0.462 e. The molecule has 1 heterocycles. The number of carbonyl (C=O) groups excluding carboxylic acids is 3. The summed E-state index contributed by atoms with van der Waals surface area (Å²) in [6.07, 6.45) is 5.63. The number of Topliss-reactive ketones (excluding diaryl/α,β-unsaturated/α-hetero) is 1. The maximum absolute atomic E-state index is 12.0. The summed E-state index contributed by atoms with van der Waals surface area (Å²) in [6, 6.07) is 0. The van der Waals surface area contributed by atoms with E-state index in [0.717, 1.165) is 19.3 Å². The van der Waals surface area contributed by atoms with Gasteiger partial charge in [0.25, 0.3) is 0 Å². The number of hydrogen-bond acceptors (Lipinski definition) is 7. The van der Waals surface area contributed by atoms with E-state index in [2.05, 4.69) is 13.0 Å². The van der Waals surface area contributed by atoms with Crippen LogP contribution in [-0.2, 0) is 33.3 Å². The summed E-state index contributed by atoms with van der Waals surface area (Å²) >= 11 is 0. The van der Waals surface area contributed by atoms with Crippen molar-refractivity contribution in [3.63, 3.8) is 0 Å². The van der Waals surface area contributed by atoms with Gasteiger partial charge in [0.1, 0.15) is 18.0 Å². The Labute approximate surface area is 178 Å². The van der Waals surface area contributed by atoms with Crippen LogP contribution in [0.2, 0.25) is 0 Å². The van der Waals surface area contributed by atoms with Crippen molar-refractivity contribution in [2.45, 2.75) is 90.3 Å². The summed E-state index contributed by atoms with van der Waals surface area (Å²) in [4.78, 5) is 35.3. The summed E-state index contributed by atoms with van der Waals surface area (Å²) in [5, 5.41) is 0. The summed E-state index contributed by atoms with van der Waals surface area (Å²) in [6.45, 7) is 5.06. The van der Waals surface area contributed by atoms with Gasteiger partial charge in [0.15, 0.2) is 6.29 Å². The zero-order valence-corrected chi connectivity index (χ0v) is 18.4. The van der Waals surface area contributed by atoms with E-state index in [1.165, 1.54) is 19.4 Å². The predicted octanol–water partition coefficient (Wildman–Crippen LogP) is 3.34. The Morgan fingerprint density at radius 3 is 2.50 bits per heavy atom. The van der Waals surface area contributed by atoms with Crippen molar-refractivity contribution >= 4 is 17.7 Å². The molecule has 7 atom stereocenters. The van der Waals surface area contributed by atoms with Gasteiger partial charge < -0.3 is 18.9 Å². The molecule has 7 heteroatoms. The van der Waals surface area contributed by atoms with Crippen molar-refractivity contribution in [1.82, 2.24) is 0 Å². The minimum absolute atomic E-state index is 0.113. The summed E-state index contributed by atoms with van der Waals surface area (Å²) in [5.41, 5.74) is 1.22. The fraction of sp³-hybridized carbons (Fsp3) is 0.783. The van der Waals surface area contributed by atoms with Crippen molar-refractivity contribution in [3.05, 3.63) is 11.6 Å². The zero-order valence-electron chi connectivity index (χ0n) is 18.4. The molecule has 0 aromatic rings. The highest BCUT2D eigenvalue weighted by Crippen LogP contribution is 2.47. The molecule has 0 amide bonds. The highest BCUT2D eigenvalue weighted by atomic mass is 16.7. The van der Waals surface area contributed by atoms with Crippen molar-refractivity contribution in [1.29, 1.82) is 0 Å². The fourth-order valence-electron chi connectivity index (χ4n) is 5.41. The van der Waals surface area contributed by atoms with E-state index in [1.54, 1.807) is 7.11 Å². The second kappa shape index (κ2) is 10.1. The molecule has 1 saturated carbocycles. The fourth-order valence-corrected chi connectivity index (χ4v) is 5.41. The average Bonchev–Trinajstić information content (AvgIpc) is 2.66. The normalized spacial score (nSPS) is 36.5. The van der Waals surface area contributed by atoms with Gasteiger partial charge in [-0.15, -0.1) is 0 Å². The molecular weight excluding hydrogens is 388 g/mol. The van der Waals surface area contributed by atoms with Gasteiger partial charge in [0, 0.05) is 46.1 Å². The van der Waals surface area contributed by atoms with E-state index in [1.807, 2.05) is 0 Å². The van der Waals surface area contributed by atoms with Crippen LogP contribution in [0.4, 0.5) is 0 Å². The maximum atomic E-state index is 12.0. The highest BCUT2D eigenvalue weighted by molar-refractivity contribution is 5.79. The molecule has 1 saturated heterocycles. The number of methoxy groups -OCH3 is 1. The molecule has 0 unspecified atom stereocenters. The van der Waals surface area contributed by atoms with E-state index in [9.17, 15) is 14.4 Å². The SMILES string of the molecule is CO[C@@H]1CC(=O)C[C@@H](CC[C@@H]2[C@@H]3C(=CC[C@@H]2C)C[C@@H](OC(C)=O)C[C@@H]3OC(C)=O)O1. The first kappa shape index (κ1) is 22.9. The molecule has 0 N–H and O–H groups in total. The van der Waals surface area contributed by atoms with Crippen LogP contribution in [0, 0.1) is 17.8 Å². The lowest BCUT2D eigenvalue weighted by Crippen LogP contribution is -2.45. The van der Waals surface area contributed by atoms with Crippen molar-refractivity contribution in [2.24, 2.45) is 17.8 Å². The average molecular weight is 423 g/mol. The molecule has 0 spiro atoms. The summed E-state index contributed by atoms with van der Waals surface area (Å²) in [7, 11) is 1.56. The Balaban J connectivity index is 1.72. The first-order valence-electron chi connectivity index (χ1n) is 11.0. The maximum Gasteiger partial charge on any atom is 0.302 e. The second-order valence-electron chi connectivity index (χ2n) is 8.95. The lowest BCUT2D eigenvalue weighted by molar-refractivity contribution is -0.186. The topological polar surface area (TPSA) is 88.1 Å². The van der Waals surface area contributed by atoms with E-state index in [0.29, 0.717) is 37.5 Å². The van der Waals surface area contributed by atoms with Crippen molar-refractivity contribution in [2.75, 3.05) is 7.11 Å². The van der Waals surface area contributed by atoms with Gasteiger partial charge in [-0.2, -0.15) is 0 Å². The summed E-state index contributed by atoms with van der Waals surface area (Å²) < 4.78 is 22.3. The van der Waals surface area contributed by atoms with E-state index in [4.69, 9.17) is 18.9 Å². The van der Waals surface area contributed by atoms with Gasteiger partial charge in [-0.05, 0) is 31.1 Å². The van der Waals surface area contributed by atoms with Crippen molar-refractivity contribution in [3.8, 4) is 0 Å². The number of rotatable bonds is 6. The molecule has 0 aromatic heterocycles. The number of hydrogen-bond donors (Lipinski definition) is 0. The van der Waals surface area contributed by atoms with Gasteiger partial charge in [-0.3, -0.25) is 14.4 Å². The van der Waals surface area contributed by atoms with E-state index < -0.39 is 6.29 Å². The van der Waals surface area contributed by atoms with Crippen LogP contribution in [0.15, 0.2) is 11.6 Å². The summed E-state index contributed by atoms with van der Waals surface area (Å²) in [5.74, 6) is 0.406. The Kier molecular flexibility index (Phi) is 7.69. The molecule has 3 rings (SSSR count). The lowest BCUT2D eigenvalue weighted by atomic mass is 9.63. The molecule has 168 valence electrons. The van der Waals surface area contributed by atoms with Crippen LogP contribution in [0.5, 0.6) is 0 Å². The van der Waals surface area contributed by atoms with Crippen LogP contribution in [-0.4, -0.2) is 49.4 Å². The van der Waals surface area contributed by atoms with E-state index in [-0.39, 0.29) is 42.0 Å². The van der Waals surface area contributed by atoms with Crippen LogP contribution in [0.25, 0.3) is 0 Å². The van der Waals surface area contributed by atoms with Crippen LogP contribution >= 0.6 is 0 Å². The molecule has 7 nitrogen and oxygen atoms in total. The number of ketones is 1. The molecular formula is C23H34O7. The molecule has 2 fully saturated rings. The van der Waals surface area contributed by atoms with Gasteiger partial charge >= 0.3 is 11.9 Å². The van der Waals surface area contributed by atoms with Crippen molar-refractivity contribution < 1.29 is 33.3 Å². The quantitative estimate of drug-likeness (QED) is 0.479. The lowest BCUT2D eigenvalue weighted by Gasteiger charge is -2.46. The third-order valence-corrected chi connectivity index (χ3v) is 6.66. The number of allylic oxidation sites excluding steroid dienone is 1. The molecule has 30 heavy (non-hydrogen) atoms. The molecule has 3 aliphatic rings. The number of esters is 2.